The normalized spacial score (nSPS) is 19.3. The Morgan fingerprint density at radius 2 is 1.70 bits per heavy atom. The lowest BCUT2D eigenvalue weighted by Gasteiger charge is -2.32. The zero-order valence-electron chi connectivity index (χ0n) is 14.6. The molecule has 1 aromatic rings. The van der Waals surface area contributed by atoms with Crippen LogP contribution in [-0.2, 0) is 17.9 Å². The van der Waals surface area contributed by atoms with Crippen LogP contribution < -0.4 is 11.1 Å². The Morgan fingerprint density at radius 3 is 2.26 bits per heavy atom. The van der Waals surface area contributed by atoms with Crippen molar-refractivity contribution in [3.05, 3.63) is 35.4 Å². The molecule has 0 aromatic heterocycles. The first-order valence-electron chi connectivity index (χ1n) is 8.47. The first-order valence-corrected chi connectivity index (χ1v) is 8.47. The fourth-order valence-corrected chi connectivity index (χ4v) is 2.62. The molecule has 1 amide bonds. The van der Waals surface area contributed by atoms with Gasteiger partial charge < -0.3 is 16.0 Å². The summed E-state index contributed by atoms with van der Waals surface area (Å²) < 4.78 is 0. The number of carbonyl (C=O) groups is 1. The van der Waals surface area contributed by atoms with Crippen molar-refractivity contribution in [1.82, 2.24) is 15.1 Å². The third kappa shape index (κ3) is 5.61. The average Bonchev–Trinajstić information content (AvgIpc) is 2.55. The Morgan fingerprint density at radius 1 is 1.13 bits per heavy atom. The van der Waals surface area contributed by atoms with Crippen LogP contribution in [0, 0.1) is 5.92 Å². The van der Waals surface area contributed by atoms with Crippen LogP contribution in [0.1, 0.15) is 25.0 Å². The standard InChI is InChI=1S/C18H30N4O/c1-14(15(2)19)18(23)20-12-16-4-6-17(7-5-16)13-22-10-8-21(3)9-11-22/h4-7,14-15H,8-13,19H2,1-3H3,(H,20,23). The molecule has 3 N–H and O–H groups in total. The lowest BCUT2D eigenvalue weighted by molar-refractivity contribution is -0.125. The molecule has 0 spiro atoms. The number of amides is 1. The summed E-state index contributed by atoms with van der Waals surface area (Å²) in [6.07, 6.45) is 0. The fourth-order valence-electron chi connectivity index (χ4n) is 2.62. The molecule has 0 saturated carbocycles. The van der Waals surface area contributed by atoms with Gasteiger partial charge in [-0.2, -0.15) is 0 Å². The molecule has 1 saturated heterocycles. The first kappa shape index (κ1) is 17.9. The molecule has 1 fully saturated rings. The van der Waals surface area contributed by atoms with E-state index in [1.54, 1.807) is 0 Å². The predicted molar refractivity (Wildman–Crippen MR) is 93.9 cm³/mol. The Hall–Kier alpha value is -1.43. The molecule has 1 aromatic carbocycles. The van der Waals surface area contributed by atoms with Crippen LogP contribution in [0.5, 0.6) is 0 Å². The number of nitrogens with two attached hydrogens (primary N) is 1. The number of piperazine rings is 1. The molecule has 1 aliphatic rings. The zero-order valence-corrected chi connectivity index (χ0v) is 14.6. The van der Waals surface area contributed by atoms with Crippen LogP contribution in [0.3, 0.4) is 0 Å². The van der Waals surface area contributed by atoms with Crippen molar-refractivity contribution in [2.75, 3.05) is 33.2 Å². The fraction of sp³-hybridized carbons (Fsp3) is 0.611. The SMILES string of the molecule is CC(N)C(C)C(=O)NCc1ccc(CN2CCN(C)CC2)cc1. The van der Waals surface area contributed by atoms with Crippen LogP contribution in [0.4, 0.5) is 0 Å². The number of carbonyl (C=O) groups excluding carboxylic acids is 1. The van der Waals surface area contributed by atoms with Crippen LogP contribution in [0.25, 0.3) is 0 Å². The van der Waals surface area contributed by atoms with E-state index < -0.39 is 0 Å². The van der Waals surface area contributed by atoms with E-state index in [1.807, 2.05) is 13.8 Å². The van der Waals surface area contributed by atoms with E-state index in [1.165, 1.54) is 5.56 Å². The Kier molecular flexibility index (Phi) is 6.57. The monoisotopic (exact) mass is 318 g/mol. The van der Waals surface area contributed by atoms with E-state index in [0.29, 0.717) is 6.54 Å². The Bertz CT molecular complexity index is 492. The molecule has 0 aliphatic carbocycles. The smallest absolute Gasteiger partial charge is 0.224 e. The van der Waals surface area contributed by atoms with Crippen molar-refractivity contribution in [3.63, 3.8) is 0 Å². The van der Waals surface area contributed by atoms with Crippen molar-refractivity contribution in [2.24, 2.45) is 11.7 Å². The number of benzene rings is 1. The van der Waals surface area contributed by atoms with E-state index >= 15 is 0 Å². The van der Waals surface area contributed by atoms with Gasteiger partial charge in [-0.1, -0.05) is 31.2 Å². The number of nitrogens with one attached hydrogen (secondary N) is 1. The summed E-state index contributed by atoms with van der Waals surface area (Å²) in [5.41, 5.74) is 8.20. The third-order valence-corrected chi connectivity index (χ3v) is 4.69. The van der Waals surface area contributed by atoms with Crippen molar-refractivity contribution in [1.29, 1.82) is 0 Å². The summed E-state index contributed by atoms with van der Waals surface area (Å²) in [5.74, 6) is -0.145. The number of rotatable bonds is 6. The molecule has 1 heterocycles. The Labute approximate surface area is 139 Å². The van der Waals surface area contributed by atoms with E-state index in [4.69, 9.17) is 5.73 Å². The van der Waals surface area contributed by atoms with Crippen molar-refractivity contribution in [3.8, 4) is 0 Å². The van der Waals surface area contributed by atoms with E-state index in [0.717, 1.165) is 38.3 Å². The number of hydrogen-bond donors (Lipinski definition) is 2. The Balaban J connectivity index is 1.79. The molecule has 0 bridgehead atoms. The lowest BCUT2D eigenvalue weighted by Crippen LogP contribution is -2.43. The summed E-state index contributed by atoms with van der Waals surface area (Å²) >= 11 is 0. The van der Waals surface area contributed by atoms with Gasteiger partial charge in [0.1, 0.15) is 0 Å². The minimum Gasteiger partial charge on any atom is -0.352 e. The van der Waals surface area contributed by atoms with Crippen molar-refractivity contribution in [2.45, 2.75) is 33.0 Å². The molecule has 2 unspecified atom stereocenters. The van der Waals surface area contributed by atoms with E-state index in [2.05, 4.69) is 46.4 Å². The molecule has 23 heavy (non-hydrogen) atoms. The second-order valence-corrected chi connectivity index (χ2v) is 6.76. The summed E-state index contributed by atoms with van der Waals surface area (Å²) in [6.45, 7) is 9.82. The maximum atomic E-state index is 11.9. The van der Waals surface area contributed by atoms with Gasteiger partial charge in [0.15, 0.2) is 0 Å². The third-order valence-electron chi connectivity index (χ3n) is 4.69. The minimum atomic E-state index is -0.161. The van der Waals surface area contributed by atoms with Gasteiger partial charge >= 0.3 is 0 Å². The summed E-state index contributed by atoms with van der Waals surface area (Å²) in [5, 5.41) is 2.95. The predicted octanol–water partition coefficient (Wildman–Crippen LogP) is 1.03. The van der Waals surface area contributed by atoms with Gasteiger partial charge in [-0.15, -0.1) is 0 Å². The molecular formula is C18H30N4O. The van der Waals surface area contributed by atoms with E-state index in [-0.39, 0.29) is 17.9 Å². The maximum absolute atomic E-state index is 11.9. The van der Waals surface area contributed by atoms with Gasteiger partial charge in [-0.3, -0.25) is 9.69 Å². The van der Waals surface area contributed by atoms with Gasteiger partial charge in [0.2, 0.25) is 5.91 Å². The van der Waals surface area contributed by atoms with Gasteiger partial charge in [0.25, 0.3) is 0 Å². The lowest BCUT2D eigenvalue weighted by atomic mass is 10.0. The van der Waals surface area contributed by atoms with Crippen LogP contribution in [0.15, 0.2) is 24.3 Å². The molecule has 5 heteroatoms. The minimum absolute atomic E-state index is 0.0153. The highest BCUT2D eigenvalue weighted by Gasteiger charge is 2.16. The molecular weight excluding hydrogens is 288 g/mol. The van der Waals surface area contributed by atoms with Crippen LogP contribution in [0.2, 0.25) is 0 Å². The molecule has 0 radical (unpaired) electrons. The highest BCUT2D eigenvalue weighted by atomic mass is 16.1. The average molecular weight is 318 g/mol. The molecule has 128 valence electrons. The highest BCUT2D eigenvalue weighted by Crippen LogP contribution is 2.10. The quantitative estimate of drug-likeness (QED) is 0.822. The van der Waals surface area contributed by atoms with Crippen LogP contribution in [-0.4, -0.2) is 55.0 Å². The second kappa shape index (κ2) is 8.43. The van der Waals surface area contributed by atoms with Gasteiger partial charge in [0, 0.05) is 51.2 Å². The summed E-state index contributed by atoms with van der Waals surface area (Å²) in [7, 11) is 2.17. The molecule has 2 rings (SSSR count). The van der Waals surface area contributed by atoms with Gasteiger partial charge in [-0.05, 0) is 25.1 Å². The molecule has 5 nitrogen and oxygen atoms in total. The molecule has 2 atom stereocenters. The molecule has 1 aliphatic heterocycles. The second-order valence-electron chi connectivity index (χ2n) is 6.76. The van der Waals surface area contributed by atoms with Crippen molar-refractivity contribution < 1.29 is 4.79 Å². The highest BCUT2D eigenvalue weighted by molar-refractivity contribution is 5.78. The van der Waals surface area contributed by atoms with Crippen molar-refractivity contribution >= 4 is 5.91 Å². The topological polar surface area (TPSA) is 61.6 Å². The number of nitrogens with zero attached hydrogens (tertiary/aromatic N) is 2. The zero-order chi connectivity index (χ0) is 16.8. The van der Waals surface area contributed by atoms with Crippen LogP contribution >= 0.6 is 0 Å². The maximum Gasteiger partial charge on any atom is 0.224 e. The largest absolute Gasteiger partial charge is 0.352 e. The van der Waals surface area contributed by atoms with Gasteiger partial charge in [-0.25, -0.2) is 0 Å². The van der Waals surface area contributed by atoms with Gasteiger partial charge in [0.05, 0.1) is 0 Å². The number of hydrogen-bond acceptors (Lipinski definition) is 4. The number of likely N-dealkylation sites (N-methyl/N-ethyl adjacent to an activating group) is 1. The summed E-state index contributed by atoms with van der Waals surface area (Å²) in [4.78, 5) is 16.8. The summed E-state index contributed by atoms with van der Waals surface area (Å²) in [6, 6.07) is 8.40. The van der Waals surface area contributed by atoms with E-state index in [9.17, 15) is 4.79 Å². The first-order chi connectivity index (χ1) is 11.0.